The van der Waals surface area contributed by atoms with Gasteiger partial charge in [0.1, 0.15) is 6.26 Å². The first-order valence-electron chi connectivity index (χ1n) is 3.42. The van der Waals surface area contributed by atoms with Crippen LogP contribution in [0, 0.1) is 0 Å². The van der Waals surface area contributed by atoms with Gasteiger partial charge in [-0.2, -0.15) is 0 Å². The number of carboxylic acids is 1. The Hall–Kier alpha value is -1.36. The molecule has 0 aromatic carbocycles. The molecule has 0 spiro atoms. The van der Waals surface area contributed by atoms with Crippen molar-refractivity contribution in [2.45, 2.75) is 6.54 Å². The van der Waals surface area contributed by atoms with Crippen molar-refractivity contribution in [3.05, 3.63) is 17.8 Å². The van der Waals surface area contributed by atoms with Crippen LogP contribution in [-0.4, -0.2) is 35.1 Å². The van der Waals surface area contributed by atoms with E-state index in [1.807, 2.05) is 19.0 Å². The second kappa shape index (κ2) is 3.36. The van der Waals surface area contributed by atoms with Gasteiger partial charge in [0.05, 0.1) is 5.69 Å². The predicted octanol–water partition coefficient (Wildman–Crippen LogP) is 0.434. The van der Waals surface area contributed by atoms with E-state index in [9.17, 15) is 4.79 Å². The zero-order valence-corrected chi connectivity index (χ0v) is 6.94. The van der Waals surface area contributed by atoms with E-state index < -0.39 is 5.97 Å². The Morgan fingerprint density at radius 2 is 2.42 bits per heavy atom. The molecule has 1 rings (SSSR count). The molecule has 0 aliphatic rings. The Balaban J connectivity index is 2.71. The summed E-state index contributed by atoms with van der Waals surface area (Å²) in [7, 11) is 3.74. The molecule has 0 saturated carbocycles. The minimum atomic E-state index is -1.14. The van der Waals surface area contributed by atoms with Crippen LogP contribution in [0.2, 0.25) is 0 Å². The maximum Gasteiger partial charge on any atom is 0.392 e. The molecule has 12 heavy (non-hydrogen) atoms. The summed E-state index contributed by atoms with van der Waals surface area (Å²) < 4.78 is 4.69. The van der Waals surface area contributed by atoms with Crippen molar-refractivity contribution in [3.63, 3.8) is 0 Å². The minimum absolute atomic E-state index is 0.258. The van der Waals surface area contributed by atoms with E-state index in [-0.39, 0.29) is 5.89 Å². The van der Waals surface area contributed by atoms with Crippen LogP contribution in [0.4, 0.5) is 0 Å². The van der Waals surface area contributed by atoms with Crippen LogP contribution in [0.5, 0.6) is 0 Å². The van der Waals surface area contributed by atoms with E-state index in [4.69, 9.17) is 5.11 Å². The summed E-state index contributed by atoms with van der Waals surface area (Å²) in [6.45, 7) is 0.580. The average molecular weight is 170 g/mol. The summed E-state index contributed by atoms with van der Waals surface area (Å²) in [5, 5.41) is 8.46. The van der Waals surface area contributed by atoms with Crippen molar-refractivity contribution >= 4 is 5.97 Å². The average Bonchev–Trinajstić information content (AvgIpc) is 2.34. The third-order valence-corrected chi connectivity index (χ3v) is 1.21. The molecule has 66 valence electrons. The monoisotopic (exact) mass is 170 g/mol. The van der Waals surface area contributed by atoms with Gasteiger partial charge >= 0.3 is 11.9 Å². The molecule has 0 fully saturated rings. The van der Waals surface area contributed by atoms with Gasteiger partial charge in [-0.3, -0.25) is 0 Å². The van der Waals surface area contributed by atoms with Gasteiger partial charge in [0.25, 0.3) is 0 Å². The van der Waals surface area contributed by atoms with E-state index >= 15 is 0 Å². The lowest BCUT2D eigenvalue weighted by molar-refractivity contribution is 0.0653. The Kier molecular flexibility index (Phi) is 2.44. The molecule has 0 aliphatic carbocycles. The van der Waals surface area contributed by atoms with Gasteiger partial charge in [-0.05, 0) is 14.1 Å². The van der Waals surface area contributed by atoms with Gasteiger partial charge in [-0.25, -0.2) is 9.78 Å². The number of oxazole rings is 1. The third kappa shape index (κ3) is 2.06. The molecule has 0 aliphatic heterocycles. The van der Waals surface area contributed by atoms with Crippen LogP contribution in [0.1, 0.15) is 16.4 Å². The second-order valence-corrected chi connectivity index (χ2v) is 2.69. The molecule has 0 bridgehead atoms. The highest BCUT2D eigenvalue weighted by molar-refractivity contribution is 5.82. The molecular weight excluding hydrogens is 160 g/mol. The summed E-state index contributed by atoms with van der Waals surface area (Å²) >= 11 is 0. The maximum atomic E-state index is 10.3. The normalized spacial score (nSPS) is 10.6. The number of carbonyl (C=O) groups is 1. The Morgan fingerprint density at radius 3 is 2.83 bits per heavy atom. The number of hydrogen-bond acceptors (Lipinski definition) is 4. The van der Waals surface area contributed by atoms with Crippen LogP contribution in [0.3, 0.4) is 0 Å². The first kappa shape index (κ1) is 8.73. The first-order valence-corrected chi connectivity index (χ1v) is 3.42. The van der Waals surface area contributed by atoms with Gasteiger partial charge in [0.2, 0.25) is 0 Å². The van der Waals surface area contributed by atoms with E-state index in [0.717, 1.165) is 0 Å². The fraction of sp³-hybridized carbons (Fsp3) is 0.429. The predicted molar refractivity (Wildman–Crippen MR) is 40.9 cm³/mol. The Morgan fingerprint density at radius 1 is 1.75 bits per heavy atom. The highest BCUT2D eigenvalue weighted by atomic mass is 16.4. The lowest BCUT2D eigenvalue weighted by Crippen LogP contribution is -2.11. The van der Waals surface area contributed by atoms with Crippen LogP contribution in [0.25, 0.3) is 0 Å². The molecule has 0 saturated heterocycles. The Labute approximate surface area is 69.6 Å². The van der Waals surface area contributed by atoms with Crippen LogP contribution in [0.15, 0.2) is 10.7 Å². The molecule has 1 heterocycles. The van der Waals surface area contributed by atoms with E-state index in [1.54, 1.807) is 0 Å². The zero-order valence-electron chi connectivity index (χ0n) is 6.94. The maximum absolute atomic E-state index is 10.3. The van der Waals surface area contributed by atoms with E-state index in [0.29, 0.717) is 12.2 Å². The molecule has 5 nitrogen and oxygen atoms in total. The summed E-state index contributed by atoms with van der Waals surface area (Å²) in [6, 6.07) is 0. The van der Waals surface area contributed by atoms with Crippen LogP contribution in [-0.2, 0) is 6.54 Å². The summed E-state index contributed by atoms with van der Waals surface area (Å²) in [5.41, 5.74) is 0.623. The molecular formula is C7H10N2O3. The van der Waals surface area contributed by atoms with Gasteiger partial charge in [-0.1, -0.05) is 0 Å². The van der Waals surface area contributed by atoms with E-state index in [1.165, 1.54) is 6.26 Å². The molecule has 5 heteroatoms. The smallest absolute Gasteiger partial charge is 0.392 e. The van der Waals surface area contributed by atoms with Gasteiger partial charge in [0, 0.05) is 6.54 Å². The number of aromatic nitrogens is 1. The number of hydrogen-bond donors (Lipinski definition) is 1. The van der Waals surface area contributed by atoms with Gasteiger partial charge < -0.3 is 14.4 Å². The number of carboxylic acid groups (broad SMARTS) is 1. The molecule has 0 unspecified atom stereocenters. The van der Waals surface area contributed by atoms with Gasteiger partial charge in [-0.15, -0.1) is 0 Å². The SMILES string of the molecule is CN(C)Cc1coc(C(=O)O)n1. The zero-order chi connectivity index (χ0) is 9.14. The molecule has 1 N–H and O–H groups in total. The third-order valence-electron chi connectivity index (χ3n) is 1.21. The van der Waals surface area contributed by atoms with Crippen molar-refractivity contribution in [2.24, 2.45) is 0 Å². The largest absolute Gasteiger partial charge is 0.474 e. The van der Waals surface area contributed by atoms with Crippen molar-refractivity contribution in [1.82, 2.24) is 9.88 Å². The standard InChI is InChI=1S/C7H10N2O3/c1-9(2)3-5-4-12-6(8-5)7(10)11/h4H,3H2,1-2H3,(H,10,11). The lowest BCUT2D eigenvalue weighted by Gasteiger charge is -2.04. The topological polar surface area (TPSA) is 66.6 Å². The molecule has 0 atom stereocenters. The highest BCUT2D eigenvalue weighted by Gasteiger charge is 2.10. The molecule has 0 amide bonds. The number of nitrogens with zero attached hydrogens (tertiary/aromatic N) is 2. The van der Waals surface area contributed by atoms with Crippen molar-refractivity contribution in [2.75, 3.05) is 14.1 Å². The van der Waals surface area contributed by atoms with Crippen molar-refractivity contribution in [3.8, 4) is 0 Å². The second-order valence-electron chi connectivity index (χ2n) is 2.69. The fourth-order valence-electron chi connectivity index (χ4n) is 0.802. The van der Waals surface area contributed by atoms with Crippen molar-refractivity contribution < 1.29 is 14.3 Å². The number of rotatable bonds is 3. The van der Waals surface area contributed by atoms with Crippen LogP contribution >= 0.6 is 0 Å². The first-order chi connectivity index (χ1) is 5.59. The molecule has 1 aromatic rings. The fourth-order valence-corrected chi connectivity index (χ4v) is 0.802. The molecule has 1 aromatic heterocycles. The summed E-state index contributed by atoms with van der Waals surface area (Å²) in [6.07, 6.45) is 1.35. The van der Waals surface area contributed by atoms with Crippen molar-refractivity contribution in [1.29, 1.82) is 0 Å². The van der Waals surface area contributed by atoms with E-state index in [2.05, 4.69) is 9.40 Å². The van der Waals surface area contributed by atoms with Gasteiger partial charge in [0.15, 0.2) is 0 Å². The Bertz CT molecular complexity index is 280. The summed E-state index contributed by atoms with van der Waals surface area (Å²) in [4.78, 5) is 16.0. The van der Waals surface area contributed by atoms with Crippen LogP contribution < -0.4 is 0 Å². The number of aromatic carboxylic acids is 1. The molecule has 0 radical (unpaired) electrons. The quantitative estimate of drug-likeness (QED) is 0.712. The highest BCUT2D eigenvalue weighted by Crippen LogP contribution is 2.03. The minimum Gasteiger partial charge on any atom is -0.474 e. The summed E-state index contributed by atoms with van der Waals surface area (Å²) in [5.74, 6) is -1.40. The lowest BCUT2D eigenvalue weighted by atomic mass is 10.4.